The van der Waals surface area contributed by atoms with Crippen LogP contribution in [0.5, 0.6) is 0 Å². The maximum absolute atomic E-state index is 13.5. The standard InChI is InChI=1S/C24H36N2O7/c1-23(2,3)33-22(32)25-18-10-8-6-4-5-7-9-14-13-24(14,21(30)31)26-20(29)17-12-15(27)11-16(17)19(18)28/h7,9,14-18,27H,4-6,8,10-13H2,1-3H3,(H,25,32)(H,26,29)(H,30,31)/t14-,15+,16?,17-,18+,24-/m1/s1. The van der Waals surface area contributed by atoms with Gasteiger partial charge in [-0.15, -0.1) is 0 Å². The molecule has 6 atom stereocenters. The van der Waals surface area contributed by atoms with Gasteiger partial charge in [0.05, 0.1) is 18.1 Å². The highest BCUT2D eigenvalue weighted by Crippen LogP contribution is 2.46. The number of carbonyl (C=O) groups is 4. The van der Waals surface area contributed by atoms with E-state index in [-0.39, 0.29) is 24.5 Å². The number of allylic oxidation sites excluding steroid dienone is 1. The van der Waals surface area contributed by atoms with E-state index in [1.165, 1.54) is 0 Å². The van der Waals surface area contributed by atoms with Crippen LogP contribution >= 0.6 is 0 Å². The minimum atomic E-state index is -1.36. The second-order valence-corrected chi connectivity index (χ2v) is 10.6. The third kappa shape index (κ3) is 6.13. The van der Waals surface area contributed by atoms with E-state index in [2.05, 4.69) is 10.6 Å². The molecule has 0 radical (unpaired) electrons. The Morgan fingerprint density at radius 2 is 1.85 bits per heavy atom. The Morgan fingerprint density at radius 3 is 2.52 bits per heavy atom. The Morgan fingerprint density at radius 1 is 1.15 bits per heavy atom. The van der Waals surface area contributed by atoms with Crippen LogP contribution in [0.15, 0.2) is 12.2 Å². The largest absolute Gasteiger partial charge is 0.479 e. The molecule has 9 heteroatoms. The molecule has 2 saturated carbocycles. The first-order valence-electron chi connectivity index (χ1n) is 11.9. The fourth-order valence-electron chi connectivity index (χ4n) is 4.93. The van der Waals surface area contributed by atoms with E-state index < -0.39 is 53.1 Å². The summed E-state index contributed by atoms with van der Waals surface area (Å²) in [6.45, 7) is 5.19. The van der Waals surface area contributed by atoms with Gasteiger partial charge in [-0.1, -0.05) is 25.0 Å². The number of alkyl carbamates (subject to hydrolysis) is 1. The lowest BCUT2D eigenvalue weighted by molar-refractivity contribution is -0.144. The van der Waals surface area contributed by atoms with Crippen LogP contribution in [0, 0.1) is 17.8 Å². The van der Waals surface area contributed by atoms with Crippen LogP contribution in [0.3, 0.4) is 0 Å². The van der Waals surface area contributed by atoms with E-state index in [0.717, 1.165) is 19.3 Å². The van der Waals surface area contributed by atoms with Gasteiger partial charge in [-0.05, 0) is 59.3 Å². The Bertz CT molecular complexity index is 818. The van der Waals surface area contributed by atoms with Gasteiger partial charge in [0, 0.05) is 11.8 Å². The molecule has 0 aromatic carbocycles. The molecule has 2 aliphatic carbocycles. The van der Waals surface area contributed by atoms with Crippen molar-refractivity contribution in [1.82, 2.24) is 10.6 Å². The average molecular weight is 465 g/mol. The first kappa shape index (κ1) is 25.2. The first-order chi connectivity index (χ1) is 15.4. The minimum absolute atomic E-state index is 0.0810. The second-order valence-electron chi connectivity index (χ2n) is 10.6. The van der Waals surface area contributed by atoms with E-state index in [0.29, 0.717) is 19.3 Å². The van der Waals surface area contributed by atoms with Gasteiger partial charge in [0.2, 0.25) is 5.91 Å². The molecule has 1 unspecified atom stereocenters. The highest BCUT2D eigenvalue weighted by molar-refractivity contribution is 5.96. The third-order valence-electron chi connectivity index (χ3n) is 6.75. The van der Waals surface area contributed by atoms with Crippen molar-refractivity contribution >= 4 is 23.8 Å². The Balaban J connectivity index is 1.83. The summed E-state index contributed by atoms with van der Waals surface area (Å²) in [5, 5.41) is 25.4. The van der Waals surface area contributed by atoms with Crippen molar-refractivity contribution in [2.75, 3.05) is 0 Å². The van der Waals surface area contributed by atoms with Gasteiger partial charge in [-0.3, -0.25) is 9.59 Å². The number of carbonyl (C=O) groups excluding carboxylic acids is 3. The molecule has 2 amide bonds. The van der Waals surface area contributed by atoms with E-state index in [1.807, 2.05) is 12.2 Å². The van der Waals surface area contributed by atoms with E-state index in [9.17, 15) is 29.4 Å². The van der Waals surface area contributed by atoms with Crippen molar-refractivity contribution in [3.8, 4) is 0 Å². The number of carboxylic acid groups (broad SMARTS) is 1. The molecule has 0 bridgehead atoms. The lowest BCUT2D eigenvalue weighted by Crippen LogP contribution is -2.50. The SMILES string of the molecule is CC(C)(C)OC(=O)N[C@H]1CCCCCC=C[C@@H]2C[C@@]2(C(=O)O)NC(=O)[C@@H]2C[C@@H](O)CC2C1=O. The summed E-state index contributed by atoms with van der Waals surface area (Å²) in [4.78, 5) is 50.9. The topological polar surface area (TPSA) is 142 Å². The second kappa shape index (κ2) is 9.83. The Hall–Kier alpha value is -2.42. The molecule has 3 rings (SSSR count). The molecule has 1 heterocycles. The van der Waals surface area contributed by atoms with Crippen LogP contribution in [0.1, 0.15) is 72.1 Å². The molecule has 0 saturated heterocycles. The third-order valence-corrected chi connectivity index (χ3v) is 6.75. The van der Waals surface area contributed by atoms with Crippen LogP contribution in [0.2, 0.25) is 0 Å². The number of aliphatic hydroxyl groups excluding tert-OH is 1. The number of rotatable bonds is 2. The number of aliphatic hydroxyl groups is 1. The van der Waals surface area contributed by atoms with Gasteiger partial charge in [-0.25, -0.2) is 9.59 Å². The lowest BCUT2D eigenvalue weighted by Gasteiger charge is -2.27. The van der Waals surface area contributed by atoms with Gasteiger partial charge in [0.25, 0.3) is 0 Å². The first-order valence-corrected chi connectivity index (χ1v) is 11.9. The number of fused-ring (bicyclic) bond motifs is 2. The molecule has 184 valence electrons. The van der Waals surface area contributed by atoms with Crippen molar-refractivity contribution in [3.05, 3.63) is 12.2 Å². The summed E-state index contributed by atoms with van der Waals surface area (Å²) >= 11 is 0. The monoisotopic (exact) mass is 464 g/mol. The molecule has 2 fully saturated rings. The Kier molecular flexibility index (Phi) is 7.51. The molecule has 0 aromatic rings. The summed E-state index contributed by atoms with van der Waals surface area (Å²) < 4.78 is 5.32. The van der Waals surface area contributed by atoms with Crippen LogP contribution in [0.25, 0.3) is 0 Å². The number of carboxylic acids is 1. The van der Waals surface area contributed by atoms with Crippen molar-refractivity contribution in [3.63, 3.8) is 0 Å². The number of aliphatic carboxylic acids is 1. The number of hydrogen-bond acceptors (Lipinski definition) is 6. The quantitative estimate of drug-likeness (QED) is 0.459. The van der Waals surface area contributed by atoms with E-state index in [1.54, 1.807) is 20.8 Å². The molecular formula is C24H36N2O7. The van der Waals surface area contributed by atoms with Crippen LogP contribution in [-0.2, 0) is 19.1 Å². The number of nitrogens with one attached hydrogen (secondary N) is 2. The number of amides is 2. The molecule has 1 aliphatic heterocycles. The normalized spacial score (nSPS) is 35.3. The number of hydrogen-bond donors (Lipinski definition) is 4. The number of ether oxygens (including phenoxy) is 1. The van der Waals surface area contributed by atoms with Gasteiger partial charge in [0.15, 0.2) is 5.78 Å². The van der Waals surface area contributed by atoms with E-state index >= 15 is 0 Å². The average Bonchev–Trinajstić information content (AvgIpc) is 3.25. The predicted octanol–water partition coefficient (Wildman–Crippen LogP) is 2.32. The summed E-state index contributed by atoms with van der Waals surface area (Å²) in [6.07, 6.45) is 6.34. The summed E-state index contributed by atoms with van der Waals surface area (Å²) in [7, 11) is 0. The summed E-state index contributed by atoms with van der Waals surface area (Å²) in [5.41, 5.74) is -2.08. The predicted molar refractivity (Wildman–Crippen MR) is 119 cm³/mol. The van der Waals surface area contributed by atoms with Crippen LogP contribution in [0.4, 0.5) is 4.79 Å². The molecule has 0 aromatic heterocycles. The summed E-state index contributed by atoms with van der Waals surface area (Å²) in [6, 6.07) is -0.840. The van der Waals surface area contributed by atoms with Gasteiger partial charge < -0.3 is 25.6 Å². The maximum Gasteiger partial charge on any atom is 0.408 e. The van der Waals surface area contributed by atoms with E-state index in [4.69, 9.17) is 4.74 Å². The fraction of sp³-hybridized carbons (Fsp3) is 0.750. The summed E-state index contributed by atoms with van der Waals surface area (Å²) in [5.74, 6) is -3.88. The molecule has 4 N–H and O–H groups in total. The molecule has 0 spiro atoms. The highest BCUT2D eigenvalue weighted by Gasteiger charge is 2.61. The van der Waals surface area contributed by atoms with Crippen molar-refractivity contribution in [2.45, 2.75) is 95.4 Å². The van der Waals surface area contributed by atoms with Crippen LogP contribution < -0.4 is 10.6 Å². The van der Waals surface area contributed by atoms with Gasteiger partial charge in [-0.2, -0.15) is 0 Å². The zero-order valence-electron chi connectivity index (χ0n) is 19.6. The highest BCUT2D eigenvalue weighted by atomic mass is 16.6. The zero-order chi connectivity index (χ0) is 24.4. The maximum atomic E-state index is 13.5. The minimum Gasteiger partial charge on any atom is -0.479 e. The van der Waals surface area contributed by atoms with Gasteiger partial charge >= 0.3 is 12.1 Å². The zero-order valence-corrected chi connectivity index (χ0v) is 19.6. The number of ketones is 1. The van der Waals surface area contributed by atoms with Crippen molar-refractivity contribution < 1.29 is 34.1 Å². The van der Waals surface area contributed by atoms with Gasteiger partial charge in [0.1, 0.15) is 11.1 Å². The van der Waals surface area contributed by atoms with Crippen molar-refractivity contribution in [1.29, 1.82) is 0 Å². The number of Topliss-reactive ketones (excluding diaryl/α,β-unsaturated/α-hetero) is 1. The molecule has 3 aliphatic rings. The fourth-order valence-corrected chi connectivity index (χ4v) is 4.93. The van der Waals surface area contributed by atoms with Crippen LogP contribution in [-0.4, -0.2) is 57.3 Å². The molecule has 9 nitrogen and oxygen atoms in total. The molecular weight excluding hydrogens is 428 g/mol. The molecule has 33 heavy (non-hydrogen) atoms. The Labute approximate surface area is 194 Å². The van der Waals surface area contributed by atoms with Crippen molar-refractivity contribution in [2.24, 2.45) is 17.8 Å². The lowest BCUT2D eigenvalue weighted by atomic mass is 9.86. The smallest absolute Gasteiger partial charge is 0.408 e.